The first-order chi connectivity index (χ1) is 8.27. The van der Waals surface area contributed by atoms with Crippen LogP contribution in [0.5, 0.6) is 0 Å². The van der Waals surface area contributed by atoms with Crippen molar-refractivity contribution in [2.24, 2.45) is 5.92 Å². The van der Waals surface area contributed by atoms with E-state index in [-0.39, 0.29) is 11.5 Å². The van der Waals surface area contributed by atoms with Crippen LogP contribution < -0.4 is 5.32 Å². The van der Waals surface area contributed by atoms with Crippen LogP contribution in [0.2, 0.25) is 0 Å². The molecular weight excluding hydrogens is 214 g/mol. The van der Waals surface area contributed by atoms with Crippen molar-refractivity contribution in [3.05, 3.63) is 0 Å². The van der Waals surface area contributed by atoms with E-state index < -0.39 is 0 Å². The van der Waals surface area contributed by atoms with Crippen LogP contribution in [0.4, 0.5) is 0 Å². The third kappa shape index (κ3) is 3.44. The van der Waals surface area contributed by atoms with E-state index in [9.17, 15) is 4.79 Å². The maximum atomic E-state index is 12.2. The minimum Gasteiger partial charge on any atom is -0.465 e. The fourth-order valence-corrected chi connectivity index (χ4v) is 2.72. The highest BCUT2D eigenvalue weighted by atomic mass is 16.5. The molecule has 2 rings (SSSR count). The average molecular weight is 239 g/mol. The Bertz CT molecular complexity index is 253. The van der Waals surface area contributed by atoms with Crippen LogP contribution in [-0.4, -0.2) is 24.7 Å². The highest BCUT2D eigenvalue weighted by molar-refractivity contribution is 5.80. The molecule has 2 saturated carbocycles. The maximum absolute atomic E-state index is 12.2. The van der Waals surface area contributed by atoms with Crippen LogP contribution in [0.3, 0.4) is 0 Å². The summed E-state index contributed by atoms with van der Waals surface area (Å²) in [5.74, 6) is 0.798. The van der Waals surface area contributed by atoms with Gasteiger partial charge in [0, 0.05) is 0 Å². The molecule has 1 N–H and O–H groups in total. The highest BCUT2D eigenvalue weighted by Crippen LogP contribution is 2.32. The van der Waals surface area contributed by atoms with Gasteiger partial charge in [0.2, 0.25) is 0 Å². The normalized spacial score (nSPS) is 24.1. The second-order valence-electron chi connectivity index (χ2n) is 5.54. The lowest BCUT2D eigenvalue weighted by molar-refractivity contribution is -0.152. The van der Waals surface area contributed by atoms with E-state index in [4.69, 9.17) is 4.74 Å². The zero-order valence-electron chi connectivity index (χ0n) is 11.0. The molecule has 3 heteroatoms. The number of carbonyl (C=O) groups excluding carboxylic acids is 1. The van der Waals surface area contributed by atoms with Crippen LogP contribution in [0.1, 0.15) is 58.3 Å². The van der Waals surface area contributed by atoms with Crippen LogP contribution in [-0.2, 0) is 9.53 Å². The highest BCUT2D eigenvalue weighted by Gasteiger charge is 2.40. The molecule has 0 aromatic carbocycles. The first-order valence-electron chi connectivity index (χ1n) is 7.19. The number of carbonyl (C=O) groups is 1. The molecule has 0 aliphatic heterocycles. The Hall–Kier alpha value is -0.570. The minimum atomic E-state index is -0.366. The van der Waals surface area contributed by atoms with E-state index in [1.54, 1.807) is 0 Å². The number of hydrogen-bond acceptors (Lipinski definition) is 3. The molecule has 3 nitrogen and oxygen atoms in total. The molecule has 0 radical (unpaired) electrons. The van der Waals surface area contributed by atoms with Crippen molar-refractivity contribution >= 4 is 5.97 Å². The predicted octanol–water partition coefficient (Wildman–Crippen LogP) is 2.64. The zero-order valence-corrected chi connectivity index (χ0v) is 11.0. The van der Waals surface area contributed by atoms with Crippen LogP contribution in [0.15, 0.2) is 0 Å². The second kappa shape index (κ2) is 5.85. The van der Waals surface area contributed by atoms with Gasteiger partial charge < -0.3 is 10.1 Å². The third-order valence-corrected chi connectivity index (χ3v) is 4.05. The van der Waals surface area contributed by atoms with Crippen molar-refractivity contribution in [3.63, 3.8) is 0 Å². The molecule has 0 aromatic rings. The lowest BCUT2D eigenvalue weighted by Gasteiger charge is -2.31. The van der Waals surface area contributed by atoms with Crippen molar-refractivity contribution in [3.8, 4) is 0 Å². The Morgan fingerprint density at radius 1 is 1.24 bits per heavy atom. The van der Waals surface area contributed by atoms with Crippen LogP contribution in [0, 0.1) is 5.92 Å². The summed E-state index contributed by atoms with van der Waals surface area (Å²) in [5, 5.41) is 3.55. The number of rotatable bonds is 5. The van der Waals surface area contributed by atoms with E-state index in [1.807, 2.05) is 6.92 Å². The van der Waals surface area contributed by atoms with Crippen molar-refractivity contribution in [2.45, 2.75) is 63.8 Å². The molecule has 0 spiro atoms. The summed E-state index contributed by atoms with van der Waals surface area (Å²) in [6, 6.07) is 0. The maximum Gasteiger partial charge on any atom is 0.326 e. The molecule has 2 fully saturated rings. The van der Waals surface area contributed by atoms with Gasteiger partial charge in [-0.1, -0.05) is 25.7 Å². The summed E-state index contributed by atoms with van der Waals surface area (Å²) in [4.78, 5) is 12.2. The number of ether oxygens (including phenoxy) is 1. The first kappa shape index (κ1) is 12.9. The van der Waals surface area contributed by atoms with Crippen LogP contribution >= 0.6 is 0 Å². The summed E-state index contributed by atoms with van der Waals surface area (Å²) < 4.78 is 5.29. The zero-order chi connectivity index (χ0) is 12.1. The van der Waals surface area contributed by atoms with Crippen molar-refractivity contribution in [2.75, 3.05) is 13.2 Å². The molecular formula is C14H25NO2. The summed E-state index contributed by atoms with van der Waals surface area (Å²) in [5.41, 5.74) is -0.366. The molecule has 0 unspecified atom stereocenters. The fraction of sp³-hybridized carbons (Fsp3) is 0.929. The standard InChI is InChI=1S/C14H25NO2/c1-2-17-13(16)14(15-11-12-7-8-12)9-5-3-4-6-10-14/h12,15H,2-11H2,1H3. The van der Waals surface area contributed by atoms with Gasteiger partial charge in [0.1, 0.15) is 5.54 Å². The van der Waals surface area contributed by atoms with Crippen LogP contribution in [0.25, 0.3) is 0 Å². The molecule has 0 amide bonds. The van der Waals surface area contributed by atoms with E-state index in [2.05, 4.69) is 5.32 Å². The minimum absolute atomic E-state index is 0.0115. The van der Waals surface area contributed by atoms with Gasteiger partial charge in [0.05, 0.1) is 6.61 Å². The molecule has 0 heterocycles. The molecule has 98 valence electrons. The van der Waals surface area contributed by atoms with E-state index >= 15 is 0 Å². The van der Waals surface area contributed by atoms with Crippen molar-refractivity contribution < 1.29 is 9.53 Å². The van der Waals surface area contributed by atoms with Gasteiger partial charge in [0.15, 0.2) is 0 Å². The molecule has 2 aliphatic rings. The van der Waals surface area contributed by atoms with Gasteiger partial charge >= 0.3 is 5.97 Å². The monoisotopic (exact) mass is 239 g/mol. The smallest absolute Gasteiger partial charge is 0.326 e. The molecule has 0 saturated heterocycles. The van der Waals surface area contributed by atoms with Crippen molar-refractivity contribution in [1.29, 1.82) is 0 Å². The molecule has 17 heavy (non-hydrogen) atoms. The fourth-order valence-electron chi connectivity index (χ4n) is 2.72. The largest absolute Gasteiger partial charge is 0.465 e. The Morgan fingerprint density at radius 3 is 2.41 bits per heavy atom. The molecule has 2 aliphatic carbocycles. The summed E-state index contributed by atoms with van der Waals surface area (Å²) in [6.45, 7) is 3.38. The summed E-state index contributed by atoms with van der Waals surface area (Å²) in [7, 11) is 0. The quantitative estimate of drug-likeness (QED) is 0.592. The Balaban J connectivity index is 1.98. The van der Waals surface area contributed by atoms with E-state index in [0.717, 1.165) is 38.1 Å². The third-order valence-electron chi connectivity index (χ3n) is 4.05. The second-order valence-corrected chi connectivity index (χ2v) is 5.54. The molecule has 0 bridgehead atoms. The molecule has 0 aromatic heterocycles. The topological polar surface area (TPSA) is 38.3 Å². The van der Waals surface area contributed by atoms with Crippen molar-refractivity contribution in [1.82, 2.24) is 5.32 Å². The lowest BCUT2D eigenvalue weighted by Crippen LogP contribution is -2.53. The van der Waals surface area contributed by atoms with Gasteiger partial charge in [-0.25, -0.2) is 0 Å². The molecule has 0 atom stereocenters. The Morgan fingerprint density at radius 2 is 1.88 bits per heavy atom. The number of nitrogens with one attached hydrogen (secondary N) is 1. The van der Waals surface area contributed by atoms with Gasteiger partial charge in [-0.15, -0.1) is 0 Å². The van der Waals surface area contributed by atoms with Gasteiger partial charge in [-0.05, 0) is 45.1 Å². The number of esters is 1. The summed E-state index contributed by atoms with van der Waals surface area (Å²) >= 11 is 0. The Labute approximate surface area is 104 Å². The van der Waals surface area contributed by atoms with Gasteiger partial charge in [-0.2, -0.15) is 0 Å². The first-order valence-corrected chi connectivity index (χ1v) is 7.19. The summed E-state index contributed by atoms with van der Waals surface area (Å²) in [6.07, 6.45) is 9.38. The van der Waals surface area contributed by atoms with E-state index in [0.29, 0.717) is 6.61 Å². The Kier molecular flexibility index (Phi) is 4.43. The van der Waals surface area contributed by atoms with E-state index in [1.165, 1.54) is 25.7 Å². The average Bonchev–Trinajstić information content (AvgIpc) is 3.15. The SMILES string of the molecule is CCOC(=O)C1(NCC2CC2)CCCCCC1. The van der Waals surface area contributed by atoms with Gasteiger partial charge in [0.25, 0.3) is 0 Å². The number of hydrogen-bond donors (Lipinski definition) is 1. The lowest BCUT2D eigenvalue weighted by atomic mass is 9.90. The van der Waals surface area contributed by atoms with Gasteiger partial charge in [-0.3, -0.25) is 4.79 Å². The predicted molar refractivity (Wildman–Crippen MR) is 67.8 cm³/mol.